The zero-order chi connectivity index (χ0) is 15.1. The average Bonchev–Trinajstić information content (AvgIpc) is 2.96. The molecule has 5 heteroatoms. The van der Waals surface area contributed by atoms with Gasteiger partial charge in [0.15, 0.2) is 0 Å². The molecule has 0 spiro atoms. The minimum Gasteiger partial charge on any atom is -0.389 e. The van der Waals surface area contributed by atoms with E-state index in [1.165, 1.54) is 25.9 Å². The number of ether oxygens (including phenoxy) is 2. The number of rotatable bonds is 8. The van der Waals surface area contributed by atoms with Crippen molar-refractivity contribution in [1.82, 2.24) is 10.2 Å². The van der Waals surface area contributed by atoms with E-state index in [0.717, 1.165) is 26.0 Å². The maximum Gasteiger partial charge on any atom is 0.0897 e. The number of nitrogens with zero attached hydrogens (tertiary/aromatic N) is 1. The van der Waals surface area contributed by atoms with Gasteiger partial charge in [-0.1, -0.05) is 6.92 Å². The Labute approximate surface area is 129 Å². The van der Waals surface area contributed by atoms with E-state index in [-0.39, 0.29) is 6.10 Å². The zero-order valence-electron chi connectivity index (χ0n) is 13.6. The van der Waals surface area contributed by atoms with Crippen LogP contribution in [0, 0.1) is 5.41 Å². The quantitative estimate of drug-likeness (QED) is 0.696. The number of aliphatic hydroxyl groups excluding tert-OH is 1. The van der Waals surface area contributed by atoms with Gasteiger partial charge in [0.1, 0.15) is 0 Å². The maximum absolute atomic E-state index is 9.94. The fourth-order valence-electron chi connectivity index (χ4n) is 3.05. The lowest BCUT2D eigenvalue weighted by atomic mass is 9.80. The van der Waals surface area contributed by atoms with Gasteiger partial charge in [-0.2, -0.15) is 0 Å². The van der Waals surface area contributed by atoms with E-state index in [0.29, 0.717) is 25.2 Å². The maximum atomic E-state index is 9.94. The van der Waals surface area contributed by atoms with Gasteiger partial charge < -0.3 is 24.8 Å². The predicted octanol–water partition coefficient (Wildman–Crippen LogP) is 0.864. The molecule has 2 fully saturated rings. The summed E-state index contributed by atoms with van der Waals surface area (Å²) in [5.41, 5.74) is 0.366. The van der Waals surface area contributed by atoms with Gasteiger partial charge in [0.2, 0.25) is 0 Å². The Hall–Kier alpha value is -0.200. The van der Waals surface area contributed by atoms with Crippen LogP contribution in [-0.2, 0) is 9.47 Å². The lowest BCUT2D eigenvalue weighted by molar-refractivity contribution is -0.0171. The molecule has 124 valence electrons. The van der Waals surface area contributed by atoms with Gasteiger partial charge in [-0.15, -0.1) is 0 Å². The van der Waals surface area contributed by atoms with Gasteiger partial charge >= 0.3 is 0 Å². The van der Waals surface area contributed by atoms with Crippen LogP contribution in [0.3, 0.4) is 0 Å². The van der Waals surface area contributed by atoms with Gasteiger partial charge in [0.25, 0.3) is 0 Å². The summed E-state index contributed by atoms with van der Waals surface area (Å²) < 4.78 is 11.0. The monoisotopic (exact) mass is 300 g/mol. The molecule has 0 aromatic carbocycles. The highest BCUT2D eigenvalue weighted by Gasteiger charge is 2.28. The number of aliphatic hydroxyl groups is 1. The fraction of sp³-hybridized carbons (Fsp3) is 1.00. The van der Waals surface area contributed by atoms with Gasteiger partial charge in [0.05, 0.1) is 25.4 Å². The van der Waals surface area contributed by atoms with Crippen LogP contribution >= 0.6 is 0 Å². The summed E-state index contributed by atoms with van der Waals surface area (Å²) in [5.74, 6) is 0. The molecule has 2 rings (SSSR count). The molecule has 0 aromatic heterocycles. The first-order chi connectivity index (χ1) is 10.1. The summed E-state index contributed by atoms with van der Waals surface area (Å²) in [4.78, 5) is 2.38. The second-order valence-electron chi connectivity index (χ2n) is 7.07. The molecule has 2 atom stereocenters. The van der Waals surface area contributed by atoms with Crippen LogP contribution in [0.4, 0.5) is 0 Å². The van der Waals surface area contributed by atoms with Crippen molar-refractivity contribution in [2.45, 2.75) is 44.8 Å². The van der Waals surface area contributed by atoms with Crippen molar-refractivity contribution in [3.05, 3.63) is 0 Å². The molecule has 0 saturated carbocycles. The molecule has 0 bridgehead atoms. The standard InChI is InChI=1S/C16H32N2O3/c1-16(5-7-18(2)8-6-16)13-17-10-14(19)11-20-12-15-4-3-9-21-15/h14-15,17,19H,3-13H2,1-2H3. The van der Waals surface area contributed by atoms with E-state index in [2.05, 4.69) is 24.2 Å². The first-order valence-electron chi connectivity index (χ1n) is 8.34. The predicted molar refractivity (Wildman–Crippen MR) is 83.5 cm³/mol. The Kier molecular flexibility index (Phi) is 6.89. The zero-order valence-corrected chi connectivity index (χ0v) is 13.6. The molecule has 5 nitrogen and oxygen atoms in total. The summed E-state index contributed by atoms with van der Waals surface area (Å²) in [7, 11) is 2.18. The van der Waals surface area contributed by atoms with Crippen LogP contribution in [0.25, 0.3) is 0 Å². The third kappa shape index (κ3) is 6.20. The molecule has 0 aromatic rings. The van der Waals surface area contributed by atoms with Gasteiger partial charge in [0, 0.05) is 19.7 Å². The van der Waals surface area contributed by atoms with Gasteiger partial charge in [-0.25, -0.2) is 0 Å². The molecule has 0 aliphatic carbocycles. The Balaban J connectivity index is 1.51. The lowest BCUT2D eigenvalue weighted by Crippen LogP contribution is -2.44. The topological polar surface area (TPSA) is 54.0 Å². The third-order valence-electron chi connectivity index (χ3n) is 4.76. The summed E-state index contributed by atoms with van der Waals surface area (Å²) in [5, 5.41) is 13.4. The summed E-state index contributed by atoms with van der Waals surface area (Å²) in [6.45, 7) is 8.13. The van der Waals surface area contributed by atoms with Gasteiger partial charge in [-0.05, 0) is 51.2 Å². The smallest absolute Gasteiger partial charge is 0.0897 e. The van der Waals surface area contributed by atoms with Crippen LogP contribution in [-0.4, -0.2) is 75.3 Å². The number of hydrogen-bond acceptors (Lipinski definition) is 5. The minimum absolute atomic E-state index is 0.239. The first kappa shape index (κ1) is 17.2. The van der Waals surface area contributed by atoms with Crippen LogP contribution in [0.1, 0.15) is 32.6 Å². The normalized spacial score (nSPS) is 27.9. The molecule has 0 radical (unpaired) electrons. The van der Waals surface area contributed by atoms with Crippen molar-refractivity contribution < 1.29 is 14.6 Å². The molecule has 2 saturated heterocycles. The molecule has 21 heavy (non-hydrogen) atoms. The van der Waals surface area contributed by atoms with E-state index >= 15 is 0 Å². The molecular weight excluding hydrogens is 268 g/mol. The summed E-state index contributed by atoms with van der Waals surface area (Å²) >= 11 is 0. The molecule has 2 aliphatic heterocycles. The SMILES string of the molecule is CN1CCC(C)(CNCC(O)COCC2CCCO2)CC1. The highest BCUT2D eigenvalue weighted by molar-refractivity contribution is 4.83. The fourth-order valence-corrected chi connectivity index (χ4v) is 3.05. The van der Waals surface area contributed by atoms with Crippen molar-refractivity contribution in [2.75, 3.05) is 53.0 Å². The largest absolute Gasteiger partial charge is 0.389 e. The average molecular weight is 300 g/mol. The number of likely N-dealkylation sites (tertiary alicyclic amines) is 1. The van der Waals surface area contributed by atoms with E-state index < -0.39 is 6.10 Å². The number of nitrogens with one attached hydrogen (secondary N) is 1. The molecule has 2 unspecified atom stereocenters. The molecule has 0 amide bonds. The third-order valence-corrected chi connectivity index (χ3v) is 4.76. The summed E-state index contributed by atoms with van der Waals surface area (Å²) in [6, 6.07) is 0. The van der Waals surface area contributed by atoms with Crippen molar-refractivity contribution in [3.8, 4) is 0 Å². The molecule has 2 N–H and O–H groups in total. The molecule has 2 heterocycles. The van der Waals surface area contributed by atoms with Crippen molar-refractivity contribution in [3.63, 3.8) is 0 Å². The minimum atomic E-state index is -0.429. The Bertz CT molecular complexity index is 287. The van der Waals surface area contributed by atoms with E-state index in [1.54, 1.807) is 0 Å². The first-order valence-corrected chi connectivity index (χ1v) is 8.34. The van der Waals surface area contributed by atoms with E-state index in [9.17, 15) is 5.11 Å². The highest BCUT2D eigenvalue weighted by Crippen LogP contribution is 2.29. The van der Waals surface area contributed by atoms with Crippen LogP contribution in [0.5, 0.6) is 0 Å². The van der Waals surface area contributed by atoms with Crippen LogP contribution in [0.2, 0.25) is 0 Å². The lowest BCUT2D eigenvalue weighted by Gasteiger charge is -2.38. The Morgan fingerprint density at radius 2 is 2.19 bits per heavy atom. The Morgan fingerprint density at radius 1 is 1.43 bits per heavy atom. The molecule has 2 aliphatic rings. The van der Waals surface area contributed by atoms with E-state index in [4.69, 9.17) is 9.47 Å². The van der Waals surface area contributed by atoms with Crippen molar-refractivity contribution in [2.24, 2.45) is 5.41 Å². The van der Waals surface area contributed by atoms with Crippen LogP contribution in [0.15, 0.2) is 0 Å². The highest BCUT2D eigenvalue weighted by atomic mass is 16.5. The number of hydrogen-bond donors (Lipinski definition) is 2. The second kappa shape index (κ2) is 8.44. The molecular formula is C16H32N2O3. The van der Waals surface area contributed by atoms with Gasteiger partial charge in [-0.3, -0.25) is 0 Å². The second-order valence-corrected chi connectivity index (χ2v) is 7.07. The van der Waals surface area contributed by atoms with E-state index in [1.807, 2.05) is 0 Å². The Morgan fingerprint density at radius 3 is 2.86 bits per heavy atom. The summed E-state index contributed by atoms with van der Waals surface area (Å²) in [6.07, 6.45) is 4.47. The van der Waals surface area contributed by atoms with Crippen molar-refractivity contribution in [1.29, 1.82) is 0 Å². The van der Waals surface area contributed by atoms with Crippen molar-refractivity contribution >= 4 is 0 Å². The number of piperidine rings is 1. The van der Waals surface area contributed by atoms with Crippen LogP contribution < -0.4 is 5.32 Å².